The van der Waals surface area contributed by atoms with E-state index in [0.717, 1.165) is 6.54 Å². The highest BCUT2D eigenvalue weighted by atomic mass is 32.1. The van der Waals surface area contributed by atoms with Crippen LogP contribution in [-0.4, -0.2) is 53.9 Å². The van der Waals surface area contributed by atoms with Gasteiger partial charge in [-0.2, -0.15) is 0 Å². The van der Waals surface area contributed by atoms with Gasteiger partial charge in [0.05, 0.1) is 24.3 Å². The van der Waals surface area contributed by atoms with Crippen molar-refractivity contribution in [3.05, 3.63) is 0 Å². The Labute approximate surface area is 77.3 Å². The van der Waals surface area contributed by atoms with Gasteiger partial charge >= 0.3 is 0 Å². The van der Waals surface area contributed by atoms with Crippen molar-refractivity contribution in [1.29, 1.82) is 0 Å². The lowest BCUT2D eigenvalue weighted by Crippen LogP contribution is -2.46. The van der Waals surface area contributed by atoms with E-state index in [2.05, 4.69) is 4.90 Å². The van der Waals surface area contributed by atoms with E-state index in [1.54, 1.807) is 0 Å². The van der Waals surface area contributed by atoms with Gasteiger partial charge in [0.25, 0.3) is 0 Å². The highest BCUT2D eigenvalue weighted by molar-refractivity contribution is 7.80. The fourth-order valence-corrected chi connectivity index (χ4v) is 1.44. The van der Waals surface area contributed by atoms with E-state index in [1.807, 2.05) is 0 Å². The second-order valence-electron chi connectivity index (χ2n) is 2.88. The van der Waals surface area contributed by atoms with Gasteiger partial charge in [0.15, 0.2) is 0 Å². The Morgan fingerprint density at radius 3 is 3.08 bits per heavy atom. The lowest BCUT2D eigenvalue weighted by molar-refractivity contribution is -0.0483. The minimum atomic E-state index is -0.0758. The number of aliphatic hydroxyl groups excluding tert-OH is 1. The summed E-state index contributed by atoms with van der Waals surface area (Å²) in [5.41, 5.74) is 5.40. The molecule has 0 spiro atoms. The molecule has 1 unspecified atom stereocenters. The van der Waals surface area contributed by atoms with Crippen molar-refractivity contribution in [2.75, 3.05) is 32.8 Å². The van der Waals surface area contributed by atoms with E-state index in [1.165, 1.54) is 0 Å². The van der Waals surface area contributed by atoms with Crippen LogP contribution in [0.25, 0.3) is 0 Å². The summed E-state index contributed by atoms with van der Waals surface area (Å²) in [7, 11) is 0. The topological polar surface area (TPSA) is 58.7 Å². The molecule has 5 heteroatoms. The van der Waals surface area contributed by atoms with Gasteiger partial charge in [-0.15, -0.1) is 0 Å². The molecule has 1 heterocycles. The molecule has 0 bridgehead atoms. The number of hydrogen-bond acceptors (Lipinski definition) is 4. The average Bonchev–Trinajstić information content (AvgIpc) is 2.03. The predicted molar refractivity (Wildman–Crippen MR) is 50.1 cm³/mol. The molecule has 0 amide bonds. The van der Waals surface area contributed by atoms with Gasteiger partial charge in [-0.25, -0.2) is 0 Å². The third kappa shape index (κ3) is 3.02. The molecule has 0 aromatic carbocycles. The maximum absolute atomic E-state index is 8.83. The second kappa shape index (κ2) is 4.71. The monoisotopic (exact) mass is 190 g/mol. The fourth-order valence-electron chi connectivity index (χ4n) is 1.25. The molecule has 1 atom stereocenters. The normalized spacial score (nSPS) is 25.6. The van der Waals surface area contributed by atoms with Crippen LogP contribution >= 0.6 is 12.2 Å². The van der Waals surface area contributed by atoms with Crippen LogP contribution in [0.15, 0.2) is 0 Å². The van der Waals surface area contributed by atoms with E-state index < -0.39 is 0 Å². The van der Waals surface area contributed by atoms with Crippen molar-refractivity contribution in [2.24, 2.45) is 5.73 Å². The first-order chi connectivity index (χ1) is 5.72. The third-order valence-electron chi connectivity index (χ3n) is 1.81. The van der Waals surface area contributed by atoms with E-state index >= 15 is 0 Å². The summed E-state index contributed by atoms with van der Waals surface area (Å²) in [5.74, 6) is 0. The summed E-state index contributed by atoms with van der Waals surface area (Å²) in [6.07, 6.45) is -0.0758. The Bertz CT molecular complexity index is 165. The van der Waals surface area contributed by atoms with Gasteiger partial charge in [-0.1, -0.05) is 12.2 Å². The Balaban J connectivity index is 2.30. The third-order valence-corrected chi connectivity index (χ3v) is 1.94. The van der Waals surface area contributed by atoms with Crippen molar-refractivity contribution >= 4 is 17.2 Å². The Hall–Kier alpha value is -0.230. The molecule has 1 fully saturated rings. The van der Waals surface area contributed by atoms with Gasteiger partial charge in [0.1, 0.15) is 0 Å². The second-order valence-corrected chi connectivity index (χ2v) is 3.40. The molecule has 0 aliphatic carbocycles. The average molecular weight is 190 g/mol. The van der Waals surface area contributed by atoms with E-state index in [0.29, 0.717) is 24.7 Å². The van der Waals surface area contributed by atoms with Crippen LogP contribution in [0.5, 0.6) is 0 Å². The van der Waals surface area contributed by atoms with Crippen LogP contribution in [0.4, 0.5) is 0 Å². The molecular weight excluding hydrogens is 176 g/mol. The molecule has 1 aliphatic rings. The molecule has 12 heavy (non-hydrogen) atoms. The Morgan fingerprint density at radius 2 is 2.50 bits per heavy atom. The first kappa shape index (κ1) is 9.85. The highest BCUT2D eigenvalue weighted by Gasteiger charge is 2.19. The van der Waals surface area contributed by atoms with Crippen LogP contribution in [-0.2, 0) is 4.74 Å². The van der Waals surface area contributed by atoms with E-state index in [4.69, 9.17) is 27.8 Å². The summed E-state index contributed by atoms with van der Waals surface area (Å²) in [6.45, 7) is 2.89. The smallest absolute Gasteiger partial charge is 0.0933 e. The van der Waals surface area contributed by atoms with Gasteiger partial charge < -0.3 is 15.6 Å². The molecule has 0 radical (unpaired) electrons. The van der Waals surface area contributed by atoms with Crippen LogP contribution in [0.3, 0.4) is 0 Å². The molecule has 1 aliphatic heterocycles. The van der Waals surface area contributed by atoms with Gasteiger partial charge in [-0.3, -0.25) is 4.90 Å². The van der Waals surface area contributed by atoms with Crippen molar-refractivity contribution in [3.8, 4) is 0 Å². The number of ether oxygens (including phenoxy) is 1. The van der Waals surface area contributed by atoms with Gasteiger partial charge in [0, 0.05) is 19.6 Å². The fraction of sp³-hybridized carbons (Fsp3) is 0.857. The number of aliphatic hydroxyl groups is 1. The number of thiocarbonyl (C=S) groups is 1. The summed E-state index contributed by atoms with van der Waals surface area (Å²) in [5, 5.41) is 8.83. The molecular formula is C7H14N2O2S. The maximum Gasteiger partial charge on any atom is 0.0933 e. The molecule has 0 saturated carbocycles. The van der Waals surface area contributed by atoms with Crippen molar-refractivity contribution < 1.29 is 9.84 Å². The summed E-state index contributed by atoms with van der Waals surface area (Å²) in [6, 6.07) is 0. The molecule has 4 nitrogen and oxygen atoms in total. The molecule has 0 aromatic rings. The SMILES string of the molecule is NC(=S)CN1CCOC(CO)C1. The lowest BCUT2D eigenvalue weighted by Gasteiger charge is -2.31. The summed E-state index contributed by atoms with van der Waals surface area (Å²) >= 11 is 4.78. The van der Waals surface area contributed by atoms with Gasteiger partial charge in [-0.05, 0) is 0 Å². The van der Waals surface area contributed by atoms with Crippen LogP contribution in [0.2, 0.25) is 0 Å². The number of rotatable bonds is 3. The number of morpholine rings is 1. The van der Waals surface area contributed by atoms with Crippen LogP contribution < -0.4 is 5.73 Å². The number of hydrogen-bond donors (Lipinski definition) is 2. The highest BCUT2D eigenvalue weighted by Crippen LogP contribution is 2.03. The van der Waals surface area contributed by atoms with Crippen LogP contribution in [0.1, 0.15) is 0 Å². The summed E-state index contributed by atoms with van der Waals surface area (Å²) < 4.78 is 5.26. The summed E-state index contributed by atoms with van der Waals surface area (Å²) in [4.78, 5) is 2.58. The zero-order valence-corrected chi connectivity index (χ0v) is 7.72. The quantitative estimate of drug-likeness (QED) is 0.557. The van der Waals surface area contributed by atoms with Crippen molar-refractivity contribution in [3.63, 3.8) is 0 Å². The minimum Gasteiger partial charge on any atom is -0.394 e. The lowest BCUT2D eigenvalue weighted by atomic mass is 10.3. The minimum absolute atomic E-state index is 0.0633. The van der Waals surface area contributed by atoms with Crippen molar-refractivity contribution in [1.82, 2.24) is 4.90 Å². The van der Waals surface area contributed by atoms with E-state index in [9.17, 15) is 0 Å². The van der Waals surface area contributed by atoms with Crippen LogP contribution in [0, 0.1) is 0 Å². The first-order valence-electron chi connectivity index (χ1n) is 3.95. The van der Waals surface area contributed by atoms with Crippen molar-refractivity contribution in [2.45, 2.75) is 6.10 Å². The first-order valence-corrected chi connectivity index (χ1v) is 4.36. The van der Waals surface area contributed by atoms with Gasteiger partial charge in [0.2, 0.25) is 0 Å². The Morgan fingerprint density at radius 1 is 1.75 bits per heavy atom. The zero-order valence-electron chi connectivity index (χ0n) is 6.90. The number of nitrogens with zero attached hydrogens (tertiary/aromatic N) is 1. The largest absolute Gasteiger partial charge is 0.394 e. The zero-order chi connectivity index (χ0) is 8.97. The molecule has 0 aromatic heterocycles. The standard InChI is InChI=1S/C7H14N2O2S/c8-7(12)4-9-1-2-11-6(3-9)5-10/h6,10H,1-5H2,(H2,8,12). The molecule has 3 N–H and O–H groups in total. The van der Waals surface area contributed by atoms with E-state index in [-0.39, 0.29) is 12.7 Å². The maximum atomic E-state index is 8.83. The number of nitrogens with two attached hydrogens (primary N) is 1. The molecule has 70 valence electrons. The molecule has 1 rings (SSSR count). The Kier molecular flexibility index (Phi) is 3.87. The predicted octanol–water partition coefficient (Wildman–Crippen LogP) is -1.03. The molecule has 1 saturated heterocycles.